The number of nitrogens with one attached hydrogen (secondary N) is 1. The van der Waals surface area contributed by atoms with Crippen LogP contribution in [0.3, 0.4) is 0 Å². The zero-order chi connectivity index (χ0) is 19.5. The summed E-state index contributed by atoms with van der Waals surface area (Å²) < 4.78 is 11.6. The van der Waals surface area contributed by atoms with Gasteiger partial charge in [0.1, 0.15) is 6.10 Å². The number of alkyl halides is 1. The van der Waals surface area contributed by atoms with Crippen molar-refractivity contribution < 1.29 is 23.9 Å². The van der Waals surface area contributed by atoms with Gasteiger partial charge in [-0.2, -0.15) is 0 Å². The number of benzene rings is 1. The van der Waals surface area contributed by atoms with E-state index in [1.54, 1.807) is 0 Å². The Balaban J connectivity index is 1.38. The lowest BCUT2D eigenvalue weighted by Gasteiger charge is -2.26. The van der Waals surface area contributed by atoms with Crippen LogP contribution in [0.25, 0.3) is 0 Å². The van der Waals surface area contributed by atoms with Crippen molar-refractivity contribution in [3.05, 3.63) is 27.7 Å². The van der Waals surface area contributed by atoms with Crippen LogP contribution >= 0.6 is 31.9 Å². The summed E-state index contributed by atoms with van der Waals surface area (Å²) >= 11 is 7.01. The highest BCUT2D eigenvalue weighted by Crippen LogP contribution is 2.60. The number of carbonyl (C=O) groups excluding carboxylic acids is 3. The van der Waals surface area contributed by atoms with Crippen LogP contribution in [0.2, 0.25) is 0 Å². The number of halogens is 2. The summed E-state index contributed by atoms with van der Waals surface area (Å²) in [6.07, 6.45) is 0.642. The fraction of sp³-hybridized carbons (Fsp3) is 0.526. The van der Waals surface area contributed by atoms with Crippen molar-refractivity contribution in [1.29, 1.82) is 0 Å². The molecule has 6 atom stereocenters. The average molecular weight is 501 g/mol. The molecule has 1 aromatic carbocycles. The zero-order valence-electron chi connectivity index (χ0n) is 14.8. The summed E-state index contributed by atoms with van der Waals surface area (Å²) in [4.78, 5) is 36.9. The maximum Gasteiger partial charge on any atom is 0.310 e. The van der Waals surface area contributed by atoms with Crippen molar-refractivity contribution >= 4 is 55.4 Å². The topological polar surface area (TPSA) is 81.7 Å². The first-order valence-electron chi connectivity index (χ1n) is 8.85. The smallest absolute Gasteiger partial charge is 0.310 e. The second-order valence-electron chi connectivity index (χ2n) is 7.53. The van der Waals surface area contributed by atoms with Gasteiger partial charge in [-0.05, 0) is 49.4 Å². The highest BCUT2D eigenvalue weighted by atomic mass is 79.9. The van der Waals surface area contributed by atoms with E-state index < -0.39 is 23.7 Å². The van der Waals surface area contributed by atoms with Gasteiger partial charge >= 0.3 is 11.9 Å². The van der Waals surface area contributed by atoms with Gasteiger partial charge in [0.15, 0.2) is 6.61 Å². The van der Waals surface area contributed by atoms with Crippen molar-refractivity contribution in [3.63, 3.8) is 0 Å². The van der Waals surface area contributed by atoms with Crippen LogP contribution in [0.1, 0.15) is 17.5 Å². The summed E-state index contributed by atoms with van der Waals surface area (Å²) in [6.45, 7) is 3.44. The Morgan fingerprint density at radius 2 is 2.00 bits per heavy atom. The minimum atomic E-state index is -0.532. The lowest BCUT2D eigenvalue weighted by molar-refractivity contribution is -0.157. The maximum absolute atomic E-state index is 12.6. The molecule has 3 fully saturated rings. The minimum absolute atomic E-state index is 0.0170. The van der Waals surface area contributed by atoms with Crippen LogP contribution in [0.5, 0.6) is 0 Å². The number of anilines is 1. The molecule has 1 heterocycles. The maximum atomic E-state index is 12.6. The van der Waals surface area contributed by atoms with E-state index in [0.717, 1.165) is 22.0 Å². The molecule has 0 unspecified atom stereocenters. The molecule has 1 aliphatic heterocycles. The molecule has 2 aliphatic carbocycles. The Morgan fingerprint density at radius 1 is 1.26 bits per heavy atom. The number of rotatable bonds is 4. The van der Waals surface area contributed by atoms with Crippen molar-refractivity contribution in [3.8, 4) is 0 Å². The number of esters is 2. The molecule has 27 heavy (non-hydrogen) atoms. The quantitative estimate of drug-likeness (QED) is 0.507. The third-order valence-corrected chi connectivity index (χ3v) is 7.97. The molecule has 1 saturated heterocycles. The normalized spacial score (nSPS) is 33.1. The van der Waals surface area contributed by atoms with Gasteiger partial charge in [0, 0.05) is 16.1 Å². The average Bonchev–Trinajstić information content (AvgIpc) is 3.22. The van der Waals surface area contributed by atoms with E-state index in [1.807, 2.05) is 26.0 Å². The van der Waals surface area contributed by atoms with Gasteiger partial charge in [-0.25, -0.2) is 0 Å². The van der Waals surface area contributed by atoms with E-state index >= 15 is 0 Å². The first-order valence-corrected chi connectivity index (χ1v) is 10.6. The van der Waals surface area contributed by atoms with E-state index in [0.29, 0.717) is 5.69 Å². The van der Waals surface area contributed by atoms with Gasteiger partial charge in [-0.15, -0.1) is 0 Å². The third kappa shape index (κ3) is 3.10. The number of fused-ring (bicyclic) bond motifs is 1. The molecule has 0 aromatic heterocycles. The Labute approximate surface area is 173 Å². The number of hydrogen-bond donors (Lipinski definition) is 1. The second kappa shape index (κ2) is 6.88. The van der Waals surface area contributed by atoms with Crippen molar-refractivity contribution in [1.82, 2.24) is 0 Å². The van der Waals surface area contributed by atoms with Gasteiger partial charge in [0.2, 0.25) is 0 Å². The highest BCUT2D eigenvalue weighted by molar-refractivity contribution is 9.10. The Kier molecular flexibility index (Phi) is 4.83. The molecule has 6 nitrogen and oxygen atoms in total. The van der Waals surface area contributed by atoms with Crippen LogP contribution in [-0.2, 0) is 23.9 Å². The van der Waals surface area contributed by atoms with Crippen molar-refractivity contribution in [2.75, 3.05) is 11.9 Å². The minimum Gasteiger partial charge on any atom is -0.461 e. The molecular formula is C19H19Br2NO5. The molecule has 2 bridgehead atoms. The van der Waals surface area contributed by atoms with E-state index in [-0.39, 0.29) is 35.3 Å². The number of amides is 1. The molecule has 1 N–H and O–H groups in total. The van der Waals surface area contributed by atoms with E-state index in [2.05, 4.69) is 37.2 Å². The highest BCUT2D eigenvalue weighted by Gasteiger charge is 2.68. The van der Waals surface area contributed by atoms with Crippen LogP contribution in [0.15, 0.2) is 16.6 Å². The molecule has 4 rings (SSSR count). The van der Waals surface area contributed by atoms with Crippen LogP contribution in [0.4, 0.5) is 5.69 Å². The number of aryl methyl sites for hydroxylation is 2. The Bertz CT molecular complexity index is 842. The largest absolute Gasteiger partial charge is 0.461 e. The number of carbonyl (C=O) groups is 3. The van der Waals surface area contributed by atoms with Gasteiger partial charge in [0.05, 0.1) is 16.7 Å². The van der Waals surface area contributed by atoms with E-state index in [9.17, 15) is 14.4 Å². The van der Waals surface area contributed by atoms with Gasteiger partial charge in [-0.3, -0.25) is 14.4 Å². The standard InChI is InChI=1S/C19H19Br2NO5/c1-7-4-12(8(2)3-11(7)20)22-13(23)6-26-18(24)14-9-5-10-15(14)19(25)27-17(10)16(9)21/h3-4,9-10,14-17H,5-6H2,1-2H3,(H,22,23)/t9-,10-,14-,15+,16+,17+/m1/s1. The molecule has 1 amide bonds. The van der Waals surface area contributed by atoms with Crippen molar-refractivity contribution in [2.24, 2.45) is 23.7 Å². The molecule has 8 heteroatoms. The number of hydrogen-bond acceptors (Lipinski definition) is 5. The first kappa shape index (κ1) is 18.9. The predicted octanol–water partition coefficient (Wildman–Crippen LogP) is 3.12. The Hall–Kier alpha value is -1.41. The lowest BCUT2D eigenvalue weighted by Crippen LogP contribution is -2.39. The van der Waals surface area contributed by atoms with Crippen LogP contribution < -0.4 is 5.32 Å². The number of ether oxygens (including phenoxy) is 2. The summed E-state index contributed by atoms with van der Waals surface area (Å²) in [5.74, 6) is -2.08. The molecule has 3 aliphatic rings. The molecular weight excluding hydrogens is 482 g/mol. The fourth-order valence-corrected chi connectivity index (χ4v) is 6.13. The molecule has 0 spiro atoms. The van der Waals surface area contributed by atoms with Crippen LogP contribution in [-0.4, -0.2) is 35.4 Å². The molecule has 144 valence electrons. The van der Waals surface area contributed by atoms with Crippen molar-refractivity contribution in [2.45, 2.75) is 31.2 Å². The summed E-state index contributed by atoms with van der Waals surface area (Å²) in [5, 5.41) is 2.77. The van der Waals surface area contributed by atoms with Gasteiger partial charge in [0.25, 0.3) is 5.91 Å². The summed E-state index contributed by atoms with van der Waals surface area (Å²) in [7, 11) is 0. The molecule has 0 radical (unpaired) electrons. The SMILES string of the molecule is Cc1cc(NC(=O)COC(=O)[C@@H]2[C@H]3C[C@H]4[C@H](OC(=O)[C@@H]42)[C@H]3Br)c(C)cc1Br. The third-order valence-electron chi connectivity index (χ3n) is 5.92. The van der Waals surface area contributed by atoms with E-state index in [4.69, 9.17) is 9.47 Å². The predicted molar refractivity (Wildman–Crippen MR) is 104 cm³/mol. The van der Waals surface area contributed by atoms with Gasteiger partial charge in [-0.1, -0.05) is 31.9 Å². The zero-order valence-corrected chi connectivity index (χ0v) is 18.0. The molecule has 1 aromatic rings. The van der Waals surface area contributed by atoms with E-state index in [1.165, 1.54) is 0 Å². The summed E-state index contributed by atoms with van der Waals surface area (Å²) in [6, 6.07) is 3.78. The van der Waals surface area contributed by atoms with Crippen LogP contribution in [0, 0.1) is 37.5 Å². The summed E-state index contributed by atoms with van der Waals surface area (Å²) in [5.41, 5.74) is 2.58. The lowest BCUT2D eigenvalue weighted by atomic mass is 9.80. The molecule has 2 saturated carbocycles. The Morgan fingerprint density at radius 3 is 2.74 bits per heavy atom. The first-order chi connectivity index (χ1) is 12.8. The fourth-order valence-electron chi connectivity index (χ4n) is 4.63. The van der Waals surface area contributed by atoms with Gasteiger partial charge < -0.3 is 14.8 Å². The monoisotopic (exact) mass is 499 g/mol. The second-order valence-corrected chi connectivity index (χ2v) is 9.44.